The lowest BCUT2D eigenvalue weighted by Crippen LogP contribution is -2.12. The number of H-pyrrole nitrogens is 5. The summed E-state index contributed by atoms with van der Waals surface area (Å²) in [6, 6.07) is 47.5. The van der Waals surface area contributed by atoms with Crippen LogP contribution in [0.15, 0.2) is 231 Å². The number of aromatic amines is 5. The van der Waals surface area contributed by atoms with Gasteiger partial charge in [-0.05, 0) is 175 Å². The van der Waals surface area contributed by atoms with Crippen LogP contribution in [0.4, 0.5) is 0 Å². The van der Waals surface area contributed by atoms with Gasteiger partial charge in [0.1, 0.15) is 40.4 Å². The Balaban J connectivity index is 0.000000122. The minimum absolute atomic E-state index is 0.00511. The van der Waals surface area contributed by atoms with Crippen LogP contribution < -0.4 is 23.7 Å². The molecule has 652 valence electrons. The normalized spacial score (nSPS) is 14.1. The first-order valence-electron chi connectivity index (χ1n) is 40.4. The van der Waals surface area contributed by atoms with Gasteiger partial charge >= 0.3 is 0 Å². The SMILES string of the molecule is COc1c(C)cnc(CS(=O)c2nc3ccc(C4=NCCO4)cc3[nH]2)c1C.COc1ccc2[nH]c(S(=O)Cc3ncc(C)c(OC)c3C)nc2n1.COc1ccnc(-c2cccc(C)c2S(=O)c2nc3ccccc3[nH]2)c1.COc1ccnc(CS(=O)c2nc3ccc(-n4cccc4)cc3[nH]2)c1C.O=S(c1nc2ccccc2[nH]1)C1CCCCc2c(CO)ccnc21. The average Bonchev–Trinajstić information content (AvgIpc) is 1.75. The molecule has 0 fully saturated rings. The minimum atomic E-state index is -1.46. The summed E-state index contributed by atoms with van der Waals surface area (Å²) in [5.41, 5.74) is 21.8. The number of nitrogens with zero attached hydrogens (tertiary/aromatic N) is 13. The van der Waals surface area contributed by atoms with E-state index in [1.165, 1.54) is 0 Å². The maximum absolute atomic E-state index is 13.3. The summed E-state index contributed by atoms with van der Waals surface area (Å²) in [5.74, 6) is 4.91. The smallest absolute Gasteiger partial charge is 0.216 e. The monoisotopic (exact) mass is 1800 g/mol. The summed E-state index contributed by atoms with van der Waals surface area (Å²) >= 11 is 0. The zero-order valence-electron chi connectivity index (χ0n) is 71.4. The number of hydrogen-bond acceptors (Lipinski definition) is 24. The van der Waals surface area contributed by atoms with E-state index in [4.69, 9.17) is 28.4 Å². The third kappa shape index (κ3) is 20.1. The second kappa shape index (κ2) is 40.4. The van der Waals surface area contributed by atoms with Crippen LogP contribution in [0.5, 0.6) is 28.9 Å². The van der Waals surface area contributed by atoms with Gasteiger partial charge in [0.15, 0.2) is 26.3 Å². The number of para-hydroxylation sites is 4. The van der Waals surface area contributed by atoms with Crippen LogP contribution in [-0.4, -0.2) is 165 Å². The molecule has 2 aliphatic rings. The van der Waals surface area contributed by atoms with E-state index in [9.17, 15) is 26.2 Å². The Morgan fingerprint density at radius 2 is 1.07 bits per heavy atom. The number of aliphatic hydroxyl groups excluding tert-OH is 1. The molecule has 1 aliphatic heterocycles. The van der Waals surface area contributed by atoms with Gasteiger partial charge in [-0.15, -0.1) is 0 Å². The van der Waals surface area contributed by atoms with Crippen molar-refractivity contribution in [3.8, 4) is 45.8 Å². The van der Waals surface area contributed by atoms with Crippen LogP contribution >= 0.6 is 0 Å². The molecular formula is C92H92N18O12S5. The van der Waals surface area contributed by atoms with Crippen molar-refractivity contribution in [2.24, 2.45) is 4.99 Å². The highest BCUT2D eigenvalue weighted by molar-refractivity contribution is 7.85. The molecule has 6 N–H and O–H groups in total. The molecule has 0 radical (unpaired) electrons. The van der Waals surface area contributed by atoms with E-state index in [1.54, 1.807) is 90.8 Å². The average molecular weight is 1800 g/mol. The van der Waals surface area contributed by atoms with Crippen LogP contribution in [0, 0.1) is 41.5 Å². The topological polar surface area (TPSA) is 399 Å². The molecule has 0 saturated heterocycles. The first-order valence-corrected chi connectivity index (χ1v) is 46.7. The van der Waals surface area contributed by atoms with Crippen molar-refractivity contribution in [3.05, 3.63) is 268 Å². The largest absolute Gasteiger partial charge is 0.497 e. The Labute approximate surface area is 743 Å². The van der Waals surface area contributed by atoms with Gasteiger partial charge in [-0.3, -0.25) is 41.8 Å². The van der Waals surface area contributed by atoms with Gasteiger partial charge in [0.25, 0.3) is 0 Å². The number of benzene rings is 5. The number of hydrogen-bond donors (Lipinski definition) is 6. The molecule has 0 bridgehead atoms. The standard InChI is InChI=1S/C20H17N3O2S.C19H20N4O3S.C19H18N4O2S.C18H19N3O2S.C16H18N4O3S/c1-13-6-5-7-15(18-12-14(25-2)10-11-21-18)19(13)26(24)20-22-16-8-3-4-9-17(16)23-20;1-11-9-21-16(12(2)17(11)25-3)10-27(24)19-22-14-5-4-13(8-15(14)23-19)18-20-6-7-26-18;1-13-17(20-8-7-18(13)25-2)12-26(24)19-21-15-6-5-14(11-16(15)22-19)23-9-3-4-10-23;22-11-12-9-10-19-17-13(12)5-1-4-8-16(17)24(23)18-20-14-6-2-3-7-15(14)21-18;1-9-7-17-12(10(2)14(9)23-4)8-24(21)16-18-11-5-6-13(22-3)19-15(11)20-16/h3-12H,1-2H3,(H,22,23);4-5,8-9H,6-7,10H2,1-3H3,(H,22,23);3-11H,12H2,1-2H3,(H,21,22);2-3,6-7,9-10,16,22H,1,4-5,8,11H2,(H,20,21);5-7H,8H2,1-4H3,(H,18,19,20). The van der Waals surface area contributed by atoms with E-state index in [0.717, 1.165) is 171 Å². The Morgan fingerprint density at radius 3 is 1.69 bits per heavy atom. The van der Waals surface area contributed by atoms with Crippen molar-refractivity contribution in [1.29, 1.82) is 0 Å². The zero-order valence-corrected chi connectivity index (χ0v) is 75.5. The maximum atomic E-state index is 13.3. The molecule has 0 spiro atoms. The van der Waals surface area contributed by atoms with Crippen LogP contribution in [-0.2, 0) is 89.0 Å². The third-order valence-electron chi connectivity index (χ3n) is 21.4. The van der Waals surface area contributed by atoms with Crippen LogP contribution in [0.1, 0.15) is 97.4 Å². The molecular weight excluding hydrogens is 1710 g/mol. The quantitative estimate of drug-likeness (QED) is 0.0343. The van der Waals surface area contributed by atoms with Crippen molar-refractivity contribution in [2.45, 2.75) is 127 Å². The van der Waals surface area contributed by atoms with Crippen molar-refractivity contribution in [1.82, 2.24) is 84.3 Å². The Hall–Kier alpha value is -13.2. The molecule has 6 unspecified atom stereocenters. The fourth-order valence-corrected chi connectivity index (χ4v) is 20.9. The summed E-state index contributed by atoms with van der Waals surface area (Å²) in [6.07, 6.45) is 16.2. The third-order valence-corrected chi connectivity index (χ3v) is 27.9. The van der Waals surface area contributed by atoms with E-state index >= 15 is 0 Å². The fourth-order valence-electron chi connectivity index (χ4n) is 14.8. The molecule has 127 heavy (non-hydrogen) atoms. The maximum Gasteiger partial charge on any atom is 0.216 e. The van der Waals surface area contributed by atoms with Gasteiger partial charge in [-0.2, -0.15) is 4.98 Å². The number of aliphatic hydroxyl groups is 1. The van der Waals surface area contributed by atoms with E-state index in [1.807, 2.05) is 186 Å². The Morgan fingerprint density at radius 1 is 0.488 bits per heavy atom. The summed E-state index contributed by atoms with van der Waals surface area (Å²) in [4.78, 5) is 69.3. The highest BCUT2D eigenvalue weighted by Crippen LogP contribution is 2.38. The molecule has 35 heteroatoms. The number of pyridine rings is 6. The summed E-state index contributed by atoms with van der Waals surface area (Å²) in [6.45, 7) is 12.9. The van der Waals surface area contributed by atoms with Crippen molar-refractivity contribution >= 4 is 115 Å². The van der Waals surface area contributed by atoms with Gasteiger partial charge in [0.2, 0.25) is 16.9 Å². The molecule has 19 rings (SSSR count). The highest BCUT2D eigenvalue weighted by atomic mass is 32.2. The molecule has 17 aromatic rings. The highest BCUT2D eigenvalue weighted by Gasteiger charge is 2.31. The molecule has 0 saturated carbocycles. The summed E-state index contributed by atoms with van der Waals surface area (Å²) in [5, 5.41) is 11.6. The van der Waals surface area contributed by atoms with Crippen molar-refractivity contribution in [2.75, 3.05) is 48.7 Å². The summed E-state index contributed by atoms with van der Waals surface area (Å²) < 4.78 is 98.8. The minimum Gasteiger partial charge on any atom is -0.497 e. The van der Waals surface area contributed by atoms with Crippen LogP contribution in [0.2, 0.25) is 0 Å². The molecule has 5 aromatic carbocycles. The van der Waals surface area contributed by atoms with Gasteiger partial charge in [0.05, 0.1) is 197 Å². The lowest BCUT2D eigenvalue weighted by atomic mass is 10.0. The fraction of sp³-hybridized carbons (Fsp3) is 0.239. The number of fused-ring (bicyclic) bond motifs is 6. The van der Waals surface area contributed by atoms with E-state index < -0.39 is 54.0 Å². The van der Waals surface area contributed by atoms with E-state index in [2.05, 4.69) is 84.7 Å². The molecule has 0 amide bonds. The van der Waals surface area contributed by atoms with Gasteiger partial charge in [-0.25, -0.2) is 34.1 Å². The predicted octanol–water partition coefficient (Wildman–Crippen LogP) is 15.5. The van der Waals surface area contributed by atoms with E-state index in [-0.39, 0.29) is 29.1 Å². The van der Waals surface area contributed by atoms with Crippen molar-refractivity contribution < 1.29 is 54.6 Å². The summed E-state index contributed by atoms with van der Waals surface area (Å²) in [7, 11) is 1.23. The number of aliphatic imine (C=N–C) groups is 1. The molecule has 13 heterocycles. The lowest BCUT2D eigenvalue weighted by Gasteiger charge is -2.16. The Bertz CT molecular complexity index is 6960. The number of aryl methyl sites for hydroxylation is 3. The number of methoxy groups -OCH3 is 5. The van der Waals surface area contributed by atoms with Gasteiger partial charge in [-0.1, -0.05) is 48.9 Å². The van der Waals surface area contributed by atoms with Gasteiger partial charge in [0, 0.05) is 100 Å². The zero-order chi connectivity index (χ0) is 88.9. The van der Waals surface area contributed by atoms with Gasteiger partial charge < -0.3 is 63.0 Å². The first-order chi connectivity index (χ1) is 61.7. The number of nitrogens with one attached hydrogen (secondary N) is 5. The van der Waals surface area contributed by atoms with E-state index in [0.29, 0.717) is 78.2 Å². The lowest BCUT2D eigenvalue weighted by molar-refractivity contribution is 0.280. The molecule has 30 nitrogen and oxygen atoms in total. The predicted molar refractivity (Wildman–Crippen MR) is 490 cm³/mol. The molecule has 1 aliphatic carbocycles. The first kappa shape index (κ1) is 88.7. The van der Waals surface area contributed by atoms with Crippen LogP contribution in [0.3, 0.4) is 0 Å². The second-order valence-corrected chi connectivity index (χ2v) is 36.5. The second-order valence-electron chi connectivity index (χ2n) is 29.5. The van der Waals surface area contributed by atoms with Crippen molar-refractivity contribution in [3.63, 3.8) is 0 Å². The number of imidazole rings is 5. The number of rotatable bonds is 22. The number of ether oxygens (including phenoxy) is 6. The van der Waals surface area contributed by atoms with Crippen LogP contribution in [0.25, 0.3) is 72.2 Å². The number of aromatic nitrogens is 17. The molecule has 6 atom stereocenters. The molecule has 12 aromatic heterocycles. The Kier molecular flexibility index (Phi) is 28.2.